The van der Waals surface area contributed by atoms with Crippen LogP contribution < -0.4 is 5.73 Å². The van der Waals surface area contributed by atoms with E-state index in [1.165, 1.54) is 0 Å². The molecule has 1 aliphatic heterocycles. The van der Waals surface area contributed by atoms with Crippen LogP contribution in [0.2, 0.25) is 0 Å². The van der Waals surface area contributed by atoms with Crippen molar-refractivity contribution in [1.82, 2.24) is 9.88 Å². The number of hydrogen-bond donors (Lipinski definition) is 1. The fourth-order valence-electron chi connectivity index (χ4n) is 2.85. The molecule has 2 unspecified atom stereocenters. The minimum absolute atomic E-state index is 0.0601. The first kappa shape index (κ1) is 12.9. The van der Waals surface area contributed by atoms with E-state index in [0.717, 1.165) is 23.9 Å². The maximum absolute atomic E-state index is 12.7. The third kappa shape index (κ3) is 2.01. The Labute approximate surface area is 118 Å². The van der Waals surface area contributed by atoms with Crippen molar-refractivity contribution in [2.75, 3.05) is 18.8 Å². The van der Waals surface area contributed by atoms with Crippen LogP contribution in [-0.4, -0.2) is 28.9 Å². The molecule has 1 fully saturated rings. The number of fused-ring (bicyclic) bond motifs is 1. The molecule has 2 heterocycles. The van der Waals surface area contributed by atoms with E-state index >= 15 is 0 Å². The Balaban J connectivity index is 2.03. The van der Waals surface area contributed by atoms with Gasteiger partial charge in [0.05, 0.1) is 5.56 Å². The van der Waals surface area contributed by atoms with Crippen LogP contribution in [0.5, 0.6) is 0 Å². The standard InChI is InChI=1S/C16H19N3O/c1-10-8-19(9-11(10)2)16(20)14-7-18-15(17)13-6-4-3-5-12(13)14/h3-7,10-11H,8-9H2,1-2H3,(H2,17,18). The molecule has 104 valence electrons. The van der Waals surface area contributed by atoms with E-state index in [4.69, 9.17) is 5.73 Å². The molecule has 1 aromatic heterocycles. The molecule has 0 radical (unpaired) electrons. The van der Waals surface area contributed by atoms with Gasteiger partial charge in [-0.25, -0.2) is 4.98 Å². The van der Waals surface area contributed by atoms with Gasteiger partial charge >= 0.3 is 0 Å². The average molecular weight is 269 g/mol. The van der Waals surface area contributed by atoms with E-state index < -0.39 is 0 Å². The van der Waals surface area contributed by atoms with Crippen molar-refractivity contribution in [2.45, 2.75) is 13.8 Å². The predicted octanol–water partition coefficient (Wildman–Crippen LogP) is 2.55. The second-order valence-corrected chi connectivity index (χ2v) is 5.77. The maximum Gasteiger partial charge on any atom is 0.256 e. The second kappa shape index (κ2) is 4.78. The van der Waals surface area contributed by atoms with Crippen LogP contribution in [0.4, 0.5) is 5.82 Å². The molecule has 1 aliphatic rings. The van der Waals surface area contributed by atoms with Gasteiger partial charge < -0.3 is 10.6 Å². The van der Waals surface area contributed by atoms with Gasteiger partial charge in [-0.2, -0.15) is 0 Å². The summed E-state index contributed by atoms with van der Waals surface area (Å²) in [6.45, 7) is 6.02. The van der Waals surface area contributed by atoms with Crippen LogP contribution in [0.25, 0.3) is 10.8 Å². The Morgan fingerprint density at radius 2 is 1.80 bits per heavy atom. The number of nitrogens with two attached hydrogens (primary N) is 1. The van der Waals surface area contributed by atoms with Gasteiger partial charge in [0.1, 0.15) is 5.82 Å². The Morgan fingerprint density at radius 1 is 1.20 bits per heavy atom. The van der Waals surface area contributed by atoms with E-state index in [-0.39, 0.29) is 5.91 Å². The lowest BCUT2D eigenvalue weighted by Gasteiger charge is -2.17. The van der Waals surface area contributed by atoms with Crippen molar-refractivity contribution in [2.24, 2.45) is 11.8 Å². The minimum Gasteiger partial charge on any atom is -0.383 e. The Morgan fingerprint density at radius 3 is 2.45 bits per heavy atom. The average Bonchev–Trinajstić information content (AvgIpc) is 2.79. The van der Waals surface area contributed by atoms with E-state index in [1.54, 1.807) is 6.20 Å². The van der Waals surface area contributed by atoms with Gasteiger partial charge in [0.15, 0.2) is 0 Å². The highest BCUT2D eigenvalue weighted by atomic mass is 16.2. The van der Waals surface area contributed by atoms with Gasteiger partial charge in [0.25, 0.3) is 5.91 Å². The number of likely N-dealkylation sites (tertiary alicyclic amines) is 1. The zero-order valence-electron chi connectivity index (χ0n) is 11.8. The summed E-state index contributed by atoms with van der Waals surface area (Å²) in [5.74, 6) is 1.63. The molecule has 0 saturated carbocycles. The lowest BCUT2D eigenvalue weighted by atomic mass is 10.0. The van der Waals surface area contributed by atoms with E-state index in [2.05, 4.69) is 18.8 Å². The van der Waals surface area contributed by atoms with Crippen LogP contribution in [-0.2, 0) is 0 Å². The number of amides is 1. The van der Waals surface area contributed by atoms with Crippen molar-refractivity contribution < 1.29 is 4.79 Å². The predicted molar refractivity (Wildman–Crippen MR) is 80.4 cm³/mol. The highest BCUT2D eigenvalue weighted by Gasteiger charge is 2.30. The molecule has 0 bridgehead atoms. The Hall–Kier alpha value is -2.10. The number of aromatic nitrogens is 1. The van der Waals surface area contributed by atoms with Gasteiger partial charge in [-0.3, -0.25) is 4.79 Å². The molecule has 2 atom stereocenters. The van der Waals surface area contributed by atoms with Crippen LogP contribution in [0.1, 0.15) is 24.2 Å². The van der Waals surface area contributed by atoms with Crippen molar-refractivity contribution >= 4 is 22.5 Å². The van der Waals surface area contributed by atoms with Crippen molar-refractivity contribution in [1.29, 1.82) is 0 Å². The lowest BCUT2D eigenvalue weighted by Crippen LogP contribution is -2.29. The highest BCUT2D eigenvalue weighted by molar-refractivity contribution is 6.09. The molecule has 2 N–H and O–H groups in total. The number of carbonyl (C=O) groups excluding carboxylic acids is 1. The van der Waals surface area contributed by atoms with Gasteiger partial charge in [0.2, 0.25) is 0 Å². The molecule has 1 aromatic carbocycles. The summed E-state index contributed by atoms with van der Waals surface area (Å²) >= 11 is 0. The fraction of sp³-hybridized carbons (Fsp3) is 0.375. The molecule has 1 amide bonds. The van der Waals surface area contributed by atoms with E-state index in [1.807, 2.05) is 29.2 Å². The molecule has 4 nitrogen and oxygen atoms in total. The topological polar surface area (TPSA) is 59.2 Å². The number of anilines is 1. The summed E-state index contributed by atoms with van der Waals surface area (Å²) in [5, 5.41) is 1.73. The molecule has 3 rings (SSSR count). The number of carbonyl (C=O) groups is 1. The largest absolute Gasteiger partial charge is 0.383 e. The van der Waals surface area contributed by atoms with Gasteiger partial charge in [-0.15, -0.1) is 0 Å². The summed E-state index contributed by atoms with van der Waals surface area (Å²) in [4.78, 5) is 18.8. The lowest BCUT2D eigenvalue weighted by molar-refractivity contribution is 0.0786. The van der Waals surface area contributed by atoms with Crippen molar-refractivity contribution in [3.8, 4) is 0 Å². The van der Waals surface area contributed by atoms with Crippen LogP contribution in [0.3, 0.4) is 0 Å². The zero-order chi connectivity index (χ0) is 14.3. The molecule has 0 spiro atoms. The number of benzene rings is 1. The zero-order valence-corrected chi connectivity index (χ0v) is 11.8. The summed E-state index contributed by atoms with van der Waals surface area (Å²) in [6.07, 6.45) is 1.60. The first-order valence-corrected chi connectivity index (χ1v) is 7.00. The number of nitrogen functional groups attached to an aromatic ring is 1. The van der Waals surface area contributed by atoms with Crippen molar-refractivity contribution in [3.63, 3.8) is 0 Å². The monoisotopic (exact) mass is 269 g/mol. The minimum atomic E-state index is 0.0601. The number of nitrogens with zero attached hydrogens (tertiary/aromatic N) is 2. The summed E-state index contributed by atoms with van der Waals surface area (Å²) < 4.78 is 0. The molecule has 0 aliphatic carbocycles. The molecule has 4 heteroatoms. The van der Waals surface area contributed by atoms with Gasteiger partial charge in [-0.05, 0) is 17.2 Å². The summed E-state index contributed by atoms with van der Waals surface area (Å²) in [5.41, 5.74) is 6.54. The molecule has 20 heavy (non-hydrogen) atoms. The fourth-order valence-corrected chi connectivity index (χ4v) is 2.85. The van der Waals surface area contributed by atoms with E-state index in [0.29, 0.717) is 23.2 Å². The Bertz CT molecular complexity index is 658. The number of rotatable bonds is 1. The van der Waals surface area contributed by atoms with Gasteiger partial charge in [-0.1, -0.05) is 38.1 Å². The highest BCUT2D eigenvalue weighted by Crippen LogP contribution is 2.27. The third-order valence-corrected chi connectivity index (χ3v) is 4.33. The second-order valence-electron chi connectivity index (χ2n) is 5.77. The maximum atomic E-state index is 12.7. The van der Waals surface area contributed by atoms with E-state index in [9.17, 15) is 4.79 Å². The quantitative estimate of drug-likeness (QED) is 0.865. The summed E-state index contributed by atoms with van der Waals surface area (Å²) in [6, 6.07) is 7.68. The Kier molecular flexibility index (Phi) is 3.08. The molecular weight excluding hydrogens is 250 g/mol. The first-order chi connectivity index (χ1) is 9.58. The molecule has 2 aromatic rings. The smallest absolute Gasteiger partial charge is 0.256 e. The normalized spacial score (nSPS) is 22.4. The number of hydrogen-bond acceptors (Lipinski definition) is 3. The van der Waals surface area contributed by atoms with Crippen LogP contribution >= 0.6 is 0 Å². The first-order valence-electron chi connectivity index (χ1n) is 7.00. The molecular formula is C16H19N3O. The van der Waals surface area contributed by atoms with Gasteiger partial charge in [0, 0.05) is 24.7 Å². The SMILES string of the molecule is CC1CN(C(=O)c2cnc(N)c3ccccc23)CC1C. The third-order valence-electron chi connectivity index (χ3n) is 4.33. The van der Waals surface area contributed by atoms with Crippen LogP contribution in [0.15, 0.2) is 30.5 Å². The van der Waals surface area contributed by atoms with Crippen molar-refractivity contribution in [3.05, 3.63) is 36.0 Å². The molecule has 1 saturated heterocycles. The van der Waals surface area contributed by atoms with Crippen LogP contribution in [0, 0.1) is 11.8 Å². The number of pyridine rings is 1. The summed E-state index contributed by atoms with van der Waals surface area (Å²) in [7, 11) is 0.